The Hall–Kier alpha value is -2.54. The first-order valence-corrected chi connectivity index (χ1v) is 8.03. The number of rotatable bonds is 4. The van der Waals surface area contributed by atoms with Gasteiger partial charge in [-0.25, -0.2) is 13.9 Å². The number of halogens is 2. The highest BCUT2D eigenvalue weighted by molar-refractivity contribution is 9.10. The Morgan fingerprint density at radius 1 is 1.29 bits per heavy atom. The molecule has 0 radical (unpaired) electrons. The number of hydrogen-bond donors (Lipinski definition) is 0. The average molecular weight is 390 g/mol. The van der Waals surface area contributed by atoms with E-state index in [-0.39, 0.29) is 0 Å². The van der Waals surface area contributed by atoms with E-state index in [1.807, 2.05) is 0 Å². The summed E-state index contributed by atoms with van der Waals surface area (Å²) in [4.78, 5) is 11.8. The summed E-state index contributed by atoms with van der Waals surface area (Å²) in [5.41, 5.74) is 1.81. The molecular formula is C17H13BrFN3O2. The Morgan fingerprint density at radius 2 is 2.12 bits per heavy atom. The van der Waals surface area contributed by atoms with Crippen LogP contribution in [0.2, 0.25) is 0 Å². The van der Waals surface area contributed by atoms with E-state index in [0.717, 1.165) is 0 Å². The number of carbonyl (C=O) groups is 1. The Kier molecular flexibility index (Phi) is 4.71. The van der Waals surface area contributed by atoms with Crippen molar-refractivity contribution in [2.75, 3.05) is 6.61 Å². The molecule has 0 amide bonds. The summed E-state index contributed by atoms with van der Waals surface area (Å²) in [6.45, 7) is 2.05. The molecule has 0 atom stereocenters. The molecule has 122 valence electrons. The van der Waals surface area contributed by atoms with Gasteiger partial charge in [0.25, 0.3) is 0 Å². The van der Waals surface area contributed by atoms with Crippen LogP contribution in [0.15, 0.2) is 53.1 Å². The molecule has 0 bridgehead atoms. The second-order valence-corrected chi connectivity index (χ2v) is 5.86. The molecule has 3 rings (SSSR count). The van der Waals surface area contributed by atoms with Crippen LogP contribution in [0.1, 0.15) is 17.3 Å². The zero-order valence-electron chi connectivity index (χ0n) is 12.7. The first kappa shape index (κ1) is 16.3. The van der Waals surface area contributed by atoms with Crippen molar-refractivity contribution in [1.29, 1.82) is 0 Å². The van der Waals surface area contributed by atoms with E-state index in [1.54, 1.807) is 49.5 Å². The quantitative estimate of drug-likeness (QED) is 0.632. The molecule has 0 fully saturated rings. The minimum absolute atomic E-state index is 0.305. The summed E-state index contributed by atoms with van der Waals surface area (Å²) < 4.78 is 21.2. The second kappa shape index (κ2) is 6.92. The van der Waals surface area contributed by atoms with E-state index in [0.29, 0.717) is 33.6 Å². The van der Waals surface area contributed by atoms with Crippen molar-refractivity contribution >= 4 is 21.9 Å². The van der Waals surface area contributed by atoms with Crippen LogP contribution in [0.3, 0.4) is 0 Å². The number of carbonyl (C=O) groups excluding carboxylic acids is 1. The van der Waals surface area contributed by atoms with Crippen molar-refractivity contribution in [2.45, 2.75) is 6.92 Å². The Labute approximate surface area is 146 Å². The lowest BCUT2D eigenvalue weighted by molar-refractivity contribution is 0.0526. The van der Waals surface area contributed by atoms with Gasteiger partial charge in [0.2, 0.25) is 0 Å². The van der Waals surface area contributed by atoms with Gasteiger partial charge in [-0.05, 0) is 43.3 Å². The van der Waals surface area contributed by atoms with Gasteiger partial charge in [-0.2, -0.15) is 0 Å². The number of aromatic nitrogens is 3. The SMILES string of the molecule is CCOC(=O)c1cccc(-n2cc(-c3ccc(Br)cc3F)nn2)c1. The highest BCUT2D eigenvalue weighted by Crippen LogP contribution is 2.24. The standard InChI is InChI=1S/C17H13BrFN3O2/c1-2-24-17(23)11-4-3-5-13(8-11)22-10-16(20-21-22)14-7-6-12(18)9-15(14)19/h3-10H,2H2,1H3. The van der Waals surface area contributed by atoms with Gasteiger partial charge in [0.15, 0.2) is 0 Å². The lowest BCUT2D eigenvalue weighted by Crippen LogP contribution is -2.05. The minimum atomic E-state index is -0.404. The topological polar surface area (TPSA) is 57.0 Å². The highest BCUT2D eigenvalue weighted by atomic mass is 79.9. The molecule has 0 N–H and O–H groups in total. The monoisotopic (exact) mass is 389 g/mol. The third-order valence-corrected chi connectivity index (χ3v) is 3.82. The van der Waals surface area contributed by atoms with Gasteiger partial charge >= 0.3 is 5.97 Å². The van der Waals surface area contributed by atoms with Crippen LogP contribution in [0, 0.1) is 5.82 Å². The van der Waals surface area contributed by atoms with E-state index < -0.39 is 11.8 Å². The lowest BCUT2D eigenvalue weighted by Gasteiger charge is -2.04. The molecule has 2 aromatic carbocycles. The molecule has 1 aromatic heterocycles. The molecule has 0 aliphatic heterocycles. The largest absolute Gasteiger partial charge is 0.462 e. The number of hydrogen-bond acceptors (Lipinski definition) is 4. The number of esters is 1. The molecule has 1 heterocycles. The summed E-state index contributed by atoms with van der Waals surface area (Å²) in [5, 5.41) is 8.01. The Balaban J connectivity index is 1.93. The molecule has 0 unspecified atom stereocenters. The summed E-state index contributed by atoms with van der Waals surface area (Å²) in [6.07, 6.45) is 1.61. The molecule has 5 nitrogen and oxygen atoms in total. The van der Waals surface area contributed by atoms with E-state index in [2.05, 4.69) is 26.2 Å². The van der Waals surface area contributed by atoms with Crippen LogP contribution in [-0.2, 0) is 4.74 Å². The predicted molar refractivity (Wildman–Crippen MR) is 90.4 cm³/mol. The van der Waals surface area contributed by atoms with Crippen LogP contribution < -0.4 is 0 Å². The van der Waals surface area contributed by atoms with E-state index >= 15 is 0 Å². The van der Waals surface area contributed by atoms with Crippen LogP contribution in [0.25, 0.3) is 16.9 Å². The molecule has 0 aliphatic rings. The fraction of sp³-hybridized carbons (Fsp3) is 0.118. The van der Waals surface area contributed by atoms with E-state index in [9.17, 15) is 9.18 Å². The Morgan fingerprint density at radius 3 is 2.88 bits per heavy atom. The van der Waals surface area contributed by atoms with Crippen molar-refractivity contribution in [2.24, 2.45) is 0 Å². The fourth-order valence-corrected chi connectivity index (χ4v) is 2.53. The smallest absolute Gasteiger partial charge is 0.338 e. The molecule has 0 aliphatic carbocycles. The molecule has 24 heavy (non-hydrogen) atoms. The zero-order valence-corrected chi connectivity index (χ0v) is 14.3. The maximum atomic E-state index is 14.0. The first-order valence-electron chi connectivity index (χ1n) is 7.24. The van der Waals surface area contributed by atoms with Gasteiger partial charge in [-0.1, -0.05) is 27.2 Å². The maximum Gasteiger partial charge on any atom is 0.338 e. The molecule has 0 saturated heterocycles. The second-order valence-electron chi connectivity index (χ2n) is 4.94. The van der Waals surface area contributed by atoms with Gasteiger partial charge in [-0.15, -0.1) is 5.10 Å². The minimum Gasteiger partial charge on any atom is -0.462 e. The highest BCUT2D eigenvalue weighted by Gasteiger charge is 2.12. The van der Waals surface area contributed by atoms with Crippen molar-refractivity contribution in [3.8, 4) is 16.9 Å². The molecule has 7 heteroatoms. The lowest BCUT2D eigenvalue weighted by atomic mass is 10.1. The Bertz CT molecular complexity index is 895. The number of benzene rings is 2. The average Bonchev–Trinajstić information content (AvgIpc) is 3.05. The molecular weight excluding hydrogens is 377 g/mol. The third-order valence-electron chi connectivity index (χ3n) is 3.32. The van der Waals surface area contributed by atoms with Crippen molar-refractivity contribution in [3.05, 3.63) is 64.5 Å². The van der Waals surface area contributed by atoms with Crippen LogP contribution in [-0.4, -0.2) is 27.6 Å². The van der Waals surface area contributed by atoms with Crippen LogP contribution in [0.5, 0.6) is 0 Å². The zero-order chi connectivity index (χ0) is 17.1. The van der Waals surface area contributed by atoms with Crippen LogP contribution >= 0.6 is 15.9 Å². The summed E-state index contributed by atoms with van der Waals surface area (Å²) in [6, 6.07) is 11.5. The number of ether oxygens (including phenoxy) is 1. The van der Waals surface area contributed by atoms with Crippen molar-refractivity contribution < 1.29 is 13.9 Å². The van der Waals surface area contributed by atoms with Gasteiger partial charge in [0, 0.05) is 10.0 Å². The summed E-state index contributed by atoms with van der Waals surface area (Å²) in [7, 11) is 0. The van der Waals surface area contributed by atoms with E-state index in [4.69, 9.17) is 4.74 Å². The van der Waals surface area contributed by atoms with Gasteiger partial charge in [0.1, 0.15) is 11.5 Å². The summed E-state index contributed by atoms with van der Waals surface area (Å²) >= 11 is 3.22. The van der Waals surface area contributed by atoms with Gasteiger partial charge < -0.3 is 4.74 Å². The van der Waals surface area contributed by atoms with Crippen molar-refractivity contribution in [1.82, 2.24) is 15.0 Å². The van der Waals surface area contributed by atoms with Crippen molar-refractivity contribution in [3.63, 3.8) is 0 Å². The normalized spacial score (nSPS) is 10.6. The van der Waals surface area contributed by atoms with Gasteiger partial charge in [0.05, 0.1) is 24.1 Å². The number of nitrogens with zero attached hydrogens (tertiary/aromatic N) is 3. The van der Waals surface area contributed by atoms with E-state index in [1.165, 1.54) is 10.7 Å². The molecule has 0 spiro atoms. The predicted octanol–water partition coefficient (Wildman–Crippen LogP) is 4.01. The third kappa shape index (κ3) is 3.35. The van der Waals surface area contributed by atoms with Crippen LogP contribution in [0.4, 0.5) is 4.39 Å². The maximum absolute atomic E-state index is 14.0. The van der Waals surface area contributed by atoms with Gasteiger partial charge in [-0.3, -0.25) is 0 Å². The summed E-state index contributed by atoms with van der Waals surface area (Å²) in [5.74, 6) is -0.796. The first-order chi connectivity index (χ1) is 11.6. The molecule has 3 aromatic rings. The fourth-order valence-electron chi connectivity index (χ4n) is 2.20. The molecule has 0 saturated carbocycles.